The van der Waals surface area contributed by atoms with Crippen LogP contribution < -0.4 is 0 Å². The van der Waals surface area contributed by atoms with Gasteiger partial charge in [0.15, 0.2) is 5.38 Å². The van der Waals surface area contributed by atoms with Crippen LogP contribution in [0.3, 0.4) is 0 Å². The average Bonchev–Trinajstić information content (AvgIpc) is 2.34. The van der Waals surface area contributed by atoms with Crippen molar-refractivity contribution in [2.75, 3.05) is 13.2 Å². The summed E-state index contributed by atoms with van der Waals surface area (Å²) in [6, 6.07) is 9.05. The zero-order valence-corrected chi connectivity index (χ0v) is 9.52. The van der Waals surface area contributed by atoms with Crippen LogP contribution in [0.2, 0.25) is 0 Å². The van der Waals surface area contributed by atoms with E-state index >= 15 is 0 Å². The van der Waals surface area contributed by atoms with E-state index in [1.807, 2.05) is 18.2 Å². The number of esters is 1. The summed E-state index contributed by atoms with van der Waals surface area (Å²) in [7, 11) is 0. The molecule has 0 radical (unpaired) electrons. The fourth-order valence-electron chi connectivity index (χ4n) is 1.10. The van der Waals surface area contributed by atoms with Crippen molar-refractivity contribution >= 4 is 17.6 Å². The van der Waals surface area contributed by atoms with Crippen LogP contribution in [0.1, 0.15) is 10.9 Å². The number of ether oxygens (including phenoxy) is 2. The molecule has 0 aliphatic heterocycles. The lowest BCUT2D eigenvalue weighted by Gasteiger charge is -2.09. The lowest BCUT2D eigenvalue weighted by Crippen LogP contribution is -2.14. The molecule has 0 saturated carbocycles. The van der Waals surface area contributed by atoms with Crippen LogP contribution in [0.25, 0.3) is 0 Å². The van der Waals surface area contributed by atoms with Crippen molar-refractivity contribution in [3.8, 4) is 0 Å². The molecule has 0 fully saturated rings. The normalized spacial score (nSPS) is 11.6. The molecule has 0 heterocycles. The van der Waals surface area contributed by atoms with Gasteiger partial charge in [-0.15, -0.1) is 11.6 Å². The number of rotatable bonds is 6. The first-order chi connectivity index (χ1) is 7.75. The third kappa shape index (κ3) is 3.95. The van der Waals surface area contributed by atoms with Gasteiger partial charge in [-0.2, -0.15) is 0 Å². The van der Waals surface area contributed by atoms with E-state index in [0.29, 0.717) is 0 Å². The van der Waals surface area contributed by atoms with Crippen LogP contribution in [-0.4, -0.2) is 19.2 Å². The largest absolute Gasteiger partial charge is 0.498 e. The SMILES string of the molecule is C=COCCOC(=O)C(Cl)c1ccccc1. The van der Waals surface area contributed by atoms with Gasteiger partial charge in [0.1, 0.15) is 13.2 Å². The van der Waals surface area contributed by atoms with E-state index in [2.05, 4.69) is 6.58 Å². The van der Waals surface area contributed by atoms with E-state index in [1.165, 1.54) is 6.26 Å². The molecular formula is C12H13ClO3. The Morgan fingerprint density at radius 2 is 2.06 bits per heavy atom. The number of carbonyl (C=O) groups is 1. The predicted molar refractivity (Wildman–Crippen MR) is 62.1 cm³/mol. The van der Waals surface area contributed by atoms with Crippen molar-refractivity contribution in [2.24, 2.45) is 0 Å². The van der Waals surface area contributed by atoms with E-state index in [-0.39, 0.29) is 13.2 Å². The minimum absolute atomic E-state index is 0.168. The van der Waals surface area contributed by atoms with Gasteiger partial charge in [0.2, 0.25) is 0 Å². The first-order valence-corrected chi connectivity index (χ1v) is 5.27. The summed E-state index contributed by atoms with van der Waals surface area (Å²) in [5.41, 5.74) is 0.721. The summed E-state index contributed by atoms with van der Waals surface area (Å²) >= 11 is 5.93. The van der Waals surface area contributed by atoms with Gasteiger partial charge >= 0.3 is 5.97 Å². The Labute approximate surface area is 99.6 Å². The van der Waals surface area contributed by atoms with Gasteiger partial charge in [-0.1, -0.05) is 36.9 Å². The van der Waals surface area contributed by atoms with E-state index in [9.17, 15) is 4.79 Å². The Hall–Kier alpha value is -1.48. The molecule has 1 aromatic carbocycles. The van der Waals surface area contributed by atoms with Crippen molar-refractivity contribution in [3.05, 3.63) is 48.7 Å². The zero-order valence-electron chi connectivity index (χ0n) is 8.77. The minimum Gasteiger partial charge on any atom is -0.498 e. The number of hydrogen-bond donors (Lipinski definition) is 0. The third-order valence-corrected chi connectivity index (χ3v) is 2.29. The third-order valence-electron chi connectivity index (χ3n) is 1.86. The Balaban J connectivity index is 2.39. The summed E-state index contributed by atoms with van der Waals surface area (Å²) in [5, 5.41) is -0.773. The van der Waals surface area contributed by atoms with Crippen LogP contribution in [0, 0.1) is 0 Å². The first-order valence-electron chi connectivity index (χ1n) is 4.84. The van der Waals surface area contributed by atoms with Gasteiger partial charge in [-0.25, -0.2) is 0 Å². The molecule has 0 amide bonds. The molecular weight excluding hydrogens is 228 g/mol. The minimum atomic E-state index is -0.773. The van der Waals surface area contributed by atoms with Crippen molar-refractivity contribution in [2.45, 2.75) is 5.38 Å². The predicted octanol–water partition coefficient (Wildman–Crippen LogP) is 2.67. The lowest BCUT2D eigenvalue weighted by molar-refractivity contribution is -0.144. The molecule has 0 spiro atoms. The molecule has 1 rings (SSSR count). The van der Waals surface area contributed by atoms with Gasteiger partial charge < -0.3 is 9.47 Å². The molecule has 16 heavy (non-hydrogen) atoms. The Kier molecular flexibility index (Phi) is 5.43. The smallest absolute Gasteiger partial charge is 0.328 e. The maximum Gasteiger partial charge on any atom is 0.328 e. The van der Waals surface area contributed by atoms with Gasteiger partial charge in [-0.05, 0) is 5.56 Å². The van der Waals surface area contributed by atoms with Crippen molar-refractivity contribution in [1.82, 2.24) is 0 Å². The Morgan fingerprint density at radius 1 is 1.38 bits per heavy atom. The molecule has 0 N–H and O–H groups in total. The van der Waals surface area contributed by atoms with Crippen molar-refractivity contribution in [1.29, 1.82) is 0 Å². The number of benzene rings is 1. The van der Waals surface area contributed by atoms with Gasteiger partial charge in [0.05, 0.1) is 6.26 Å². The maximum absolute atomic E-state index is 11.5. The first kappa shape index (κ1) is 12.6. The number of alkyl halides is 1. The molecule has 0 bridgehead atoms. The molecule has 0 aliphatic rings. The topological polar surface area (TPSA) is 35.5 Å². The monoisotopic (exact) mass is 240 g/mol. The fraction of sp³-hybridized carbons (Fsp3) is 0.250. The van der Waals surface area contributed by atoms with Gasteiger partial charge in [0.25, 0.3) is 0 Å². The average molecular weight is 241 g/mol. The number of hydrogen-bond acceptors (Lipinski definition) is 3. The quantitative estimate of drug-likeness (QED) is 0.332. The summed E-state index contributed by atoms with van der Waals surface area (Å²) in [6.07, 6.45) is 1.29. The second kappa shape index (κ2) is 6.90. The molecule has 1 atom stereocenters. The molecule has 1 unspecified atom stereocenters. The lowest BCUT2D eigenvalue weighted by atomic mass is 10.1. The standard InChI is InChI=1S/C12H13ClO3/c1-2-15-8-9-16-12(14)11(13)10-6-4-3-5-7-10/h2-7,11H,1,8-9H2. The molecule has 86 valence electrons. The van der Waals surface area contributed by atoms with Crippen LogP contribution in [0.4, 0.5) is 0 Å². The van der Waals surface area contributed by atoms with Gasteiger partial charge in [-0.3, -0.25) is 4.79 Å². The number of carbonyl (C=O) groups excluding carboxylic acids is 1. The summed E-state index contributed by atoms with van der Waals surface area (Å²) in [5.74, 6) is -0.472. The van der Waals surface area contributed by atoms with Crippen LogP contribution in [0.15, 0.2) is 43.2 Å². The van der Waals surface area contributed by atoms with Crippen molar-refractivity contribution in [3.63, 3.8) is 0 Å². The highest BCUT2D eigenvalue weighted by Crippen LogP contribution is 2.21. The maximum atomic E-state index is 11.5. The molecule has 0 aromatic heterocycles. The molecule has 0 saturated heterocycles. The number of halogens is 1. The summed E-state index contributed by atoms with van der Waals surface area (Å²) in [6.45, 7) is 3.82. The second-order valence-corrected chi connectivity index (χ2v) is 3.41. The Bertz CT molecular complexity index is 337. The fourth-order valence-corrected chi connectivity index (χ4v) is 1.31. The van der Waals surface area contributed by atoms with Crippen molar-refractivity contribution < 1.29 is 14.3 Å². The van der Waals surface area contributed by atoms with Crippen LogP contribution in [-0.2, 0) is 14.3 Å². The van der Waals surface area contributed by atoms with Gasteiger partial charge in [0, 0.05) is 0 Å². The highest BCUT2D eigenvalue weighted by Gasteiger charge is 2.18. The van der Waals surface area contributed by atoms with E-state index in [0.717, 1.165) is 5.56 Å². The van der Waals surface area contributed by atoms with E-state index in [1.54, 1.807) is 12.1 Å². The second-order valence-electron chi connectivity index (χ2n) is 2.98. The zero-order chi connectivity index (χ0) is 11.8. The highest BCUT2D eigenvalue weighted by molar-refractivity contribution is 6.29. The molecule has 3 nitrogen and oxygen atoms in total. The van der Waals surface area contributed by atoms with E-state index in [4.69, 9.17) is 21.1 Å². The Morgan fingerprint density at radius 3 is 2.69 bits per heavy atom. The summed E-state index contributed by atoms with van der Waals surface area (Å²) in [4.78, 5) is 11.5. The van der Waals surface area contributed by atoms with Crippen LogP contribution >= 0.6 is 11.6 Å². The molecule has 4 heteroatoms. The van der Waals surface area contributed by atoms with Crippen LogP contribution in [0.5, 0.6) is 0 Å². The highest BCUT2D eigenvalue weighted by atomic mass is 35.5. The van der Waals surface area contributed by atoms with E-state index < -0.39 is 11.3 Å². The molecule has 1 aromatic rings. The summed E-state index contributed by atoms with van der Waals surface area (Å²) < 4.78 is 9.73. The molecule has 0 aliphatic carbocycles.